The molecule has 2 atom stereocenters. The van der Waals surface area contributed by atoms with E-state index in [-0.39, 0.29) is 0 Å². The number of hydrogen-bond acceptors (Lipinski definition) is 0. The average Bonchev–Trinajstić information content (AvgIpc) is 2.21. The molecule has 0 aromatic carbocycles. The summed E-state index contributed by atoms with van der Waals surface area (Å²) in [5.74, 6) is 2.68. The maximum Gasteiger partial charge on any atom is -0.0206 e. The Bertz CT molecular complexity index is 220. The summed E-state index contributed by atoms with van der Waals surface area (Å²) in [6.07, 6.45) is 7.10. The minimum Gasteiger partial charge on any atom is -0.0993 e. The van der Waals surface area contributed by atoms with Crippen molar-refractivity contribution in [3.05, 3.63) is 24.3 Å². The zero-order valence-corrected chi connectivity index (χ0v) is 12.1. The van der Waals surface area contributed by atoms with Gasteiger partial charge in [-0.25, -0.2) is 0 Å². The predicted octanol–water partition coefficient (Wildman–Crippen LogP) is 5.46. The van der Waals surface area contributed by atoms with Crippen LogP contribution in [-0.4, -0.2) is 0 Å². The van der Waals surface area contributed by atoms with Crippen molar-refractivity contribution in [3.63, 3.8) is 0 Å². The Kier molecular flexibility index (Phi) is 7.45. The lowest BCUT2D eigenvalue weighted by molar-refractivity contribution is 0.391. The maximum absolute atomic E-state index is 4.21. The summed E-state index contributed by atoms with van der Waals surface area (Å²) in [6, 6.07) is 0. The molecule has 0 heterocycles. The lowest BCUT2D eigenvalue weighted by Gasteiger charge is -2.24. The van der Waals surface area contributed by atoms with Crippen LogP contribution in [-0.2, 0) is 0 Å². The van der Waals surface area contributed by atoms with Crippen molar-refractivity contribution in [2.45, 2.75) is 54.4 Å². The van der Waals surface area contributed by atoms with Crippen LogP contribution in [0.5, 0.6) is 0 Å². The first-order chi connectivity index (χ1) is 7.36. The average molecular weight is 222 g/mol. The number of rotatable bonds is 7. The second-order valence-electron chi connectivity index (χ2n) is 5.75. The zero-order valence-electron chi connectivity index (χ0n) is 12.1. The molecule has 0 bridgehead atoms. The third-order valence-corrected chi connectivity index (χ3v) is 3.49. The highest BCUT2D eigenvalue weighted by Gasteiger charge is 2.16. The quantitative estimate of drug-likeness (QED) is 0.501. The minimum atomic E-state index is 0.614. The van der Waals surface area contributed by atoms with Gasteiger partial charge >= 0.3 is 0 Å². The summed E-state index contributed by atoms with van der Waals surface area (Å²) in [4.78, 5) is 0. The van der Waals surface area contributed by atoms with Crippen LogP contribution in [0.4, 0.5) is 0 Å². The second kappa shape index (κ2) is 7.70. The Balaban J connectivity index is 3.97. The molecule has 0 nitrogen and oxygen atoms in total. The molecule has 0 saturated heterocycles. The van der Waals surface area contributed by atoms with E-state index in [0.717, 1.165) is 5.92 Å². The Labute approximate surface area is 103 Å². The molecule has 0 saturated carbocycles. The van der Waals surface area contributed by atoms with Crippen LogP contribution in [0.1, 0.15) is 54.4 Å². The summed E-state index contributed by atoms with van der Waals surface area (Å²) < 4.78 is 0. The van der Waals surface area contributed by atoms with Crippen molar-refractivity contribution in [3.8, 4) is 0 Å². The first-order valence-electron chi connectivity index (χ1n) is 6.71. The normalized spacial score (nSPS) is 16.0. The van der Waals surface area contributed by atoms with E-state index >= 15 is 0 Å². The lowest BCUT2D eigenvalue weighted by atomic mass is 9.82. The maximum atomic E-state index is 4.21. The summed E-state index contributed by atoms with van der Waals surface area (Å²) in [7, 11) is 0. The molecular weight excluding hydrogens is 192 g/mol. The van der Waals surface area contributed by atoms with E-state index in [9.17, 15) is 0 Å². The molecule has 0 N–H and O–H groups in total. The Morgan fingerprint density at radius 2 is 1.62 bits per heavy atom. The third kappa shape index (κ3) is 6.15. The molecule has 0 aliphatic rings. The number of hydrogen-bond donors (Lipinski definition) is 0. The molecule has 16 heavy (non-hydrogen) atoms. The summed E-state index contributed by atoms with van der Waals surface area (Å²) >= 11 is 0. The minimum absolute atomic E-state index is 0.614. The van der Waals surface area contributed by atoms with E-state index in [2.05, 4.69) is 60.3 Å². The van der Waals surface area contributed by atoms with E-state index in [1.54, 1.807) is 0 Å². The molecule has 2 unspecified atom stereocenters. The van der Waals surface area contributed by atoms with Crippen LogP contribution in [0.15, 0.2) is 24.3 Å². The Morgan fingerprint density at radius 3 is 2.06 bits per heavy atom. The van der Waals surface area contributed by atoms with Gasteiger partial charge in [0.05, 0.1) is 0 Å². The molecule has 0 spiro atoms. The van der Waals surface area contributed by atoms with Gasteiger partial charge in [0.15, 0.2) is 0 Å². The standard InChI is InChI=1S/C16H30/c1-12(2)10-8-9-11-14(5)16(7)15(6)13(3)4/h8,10,12-14,16H,6,9,11H2,1-5,7H3. The summed E-state index contributed by atoms with van der Waals surface area (Å²) in [6.45, 7) is 17.8. The summed E-state index contributed by atoms with van der Waals surface area (Å²) in [5, 5.41) is 0. The molecular formula is C16H30. The predicted molar refractivity (Wildman–Crippen MR) is 75.5 cm³/mol. The van der Waals surface area contributed by atoms with Crippen LogP contribution in [0.2, 0.25) is 0 Å². The van der Waals surface area contributed by atoms with Crippen LogP contribution in [0.25, 0.3) is 0 Å². The molecule has 0 fully saturated rings. The molecule has 94 valence electrons. The van der Waals surface area contributed by atoms with E-state index in [4.69, 9.17) is 0 Å². The molecule has 0 aromatic heterocycles. The fourth-order valence-corrected chi connectivity index (χ4v) is 1.87. The van der Waals surface area contributed by atoms with Gasteiger partial charge in [0.25, 0.3) is 0 Å². The van der Waals surface area contributed by atoms with Gasteiger partial charge in [-0.2, -0.15) is 0 Å². The third-order valence-electron chi connectivity index (χ3n) is 3.49. The summed E-state index contributed by atoms with van der Waals surface area (Å²) in [5.41, 5.74) is 1.40. The van der Waals surface area contributed by atoms with Gasteiger partial charge in [-0.3, -0.25) is 0 Å². The van der Waals surface area contributed by atoms with Crippen LogP contribution in [0, 0.1) is 23.7 Å². The Morgan fingerprint density at radius 1 is 1.06 bits per heavy atom. The second-order valence-corrected chi connectivity index (χ2v) is 5.75. The fraction of sp³-hybridized carbons (Fsp3) is 0.750. The smallest absolute Gasteiger partial charge is 0.0206 e. The van der Waals surface area contributed by atoms with Gasteiger partial charge in [0.2, 0.25) is 0 Å². The molecule has 0 aliphatic carbocycles. The van der Waals surface area contributed by atoms with Crippen molar-refractivity contribution < 1.29 is 0 Å². The zero-order chi connectivity index (χ0) is 12.7. The van der Waals surface area contributed by atoms with Crippen LogP contribution >= 0.6 is 0 Å². The molecule has 0 aliphatic heterocycles. The van der Waals surface area contributed by atoms with Crippen LogP contribution < -0.4 is 0 Å². The van der Waals surface area contributed by atoms with Gasteiger partial charge < -0.3 is 0 Å². The highest BCUT2D eigenvalue weighted by Crippen LogP contribution is 2.27. The van der Waals surface area contributed by atoms with Gasteiger partial charge in [0, 0.05) is 0 Å². The highest BCUT2D eigenvalue weighted by atomic mass is 14.2. The molecule has 0 rings (SSSR count). The molecule has 0 amide bonds. The largest absolute Gasteiger partial charge is 0.0993 e. The van der Waals surface area contributed by atoms with Crippen molar-refractivity contribution >= 4 is 0 Å². The van der Waals surface area contributed by atoms with Crippen molar-refractivity contribution in [1.82, 2.24) is 0 Å². The first-order valence-corrected chi connectivity index (χ1v) is 6.71. The topological polar surface area (TPSA) is 0 Å². The van der Waals surface area contributed by atoms with Crippen molar-refractivity contribution in [2.75, 3.05) is 0 Å². The Hall–Kier alpha value is -0.520. The van der Waals surface area contributed by atoms with Gasteiger partial charge in [0.1, 0.15) is 0 Å². The molecule has 0 heteroatoms. The monoisotopic (exact) mass is 222 g/mol. The van der Waals surface area contributed by atoms with E-state index in [1.165, 1.54) is 18.4 Å². The fourth-order valence-electron chi connectivity index (χ4n) is 1.87. The van der Waals surface area contributed by atoms with E-state index < -0.39 is 0 Å². The molecule has 0 radical (unpaired) electrons. The van der Waals surface area contributed by atoms with E-state index in [1.807, 2.05) is 0 Å². The molecule has 0 aromatic rings. The van der Waals surface area contributed by atoms with Crippen molar-refractivity contribution in [2.24, 2.45) is 23.7 Å². The van der Waals surface area contributed by atoms with Gasteiger partial charge in [-0.1, -0.05) is 65.8 Å². The van der Waals surface area contributed by atoms with E-state index in [0.29, 0.717) is 17.8 Å². The SMILES string of the molecule is C=C(C(C)C)C(C)C(C)CCC=CC(C)C. The highest BCUT2D eigenvalue weighted by molar-refractivity contribution is 5.03. The van der Waals surface area contributed by atoms with Crippen molar-refractivity contribution in [1.29, 1.82) is 0 Å². The first kappa shape index (κ1) is 15.5. The van der Waals surface area contributed by atoms with Crippen LogP contribution in [0.3, 0.4) is 0 Å². The van der Waals surface area contributed by atoms with Gasteiger partial charge in [-0.15, -0.1) is 0 Å². The van der Waals surface area contributed by atoms with Gasteiger partial charge in [-0.05, 0) is 36.5 Å². The lowest BCUT2D eigenvalue weighted by Crippen LogP contribution is -2.13. The number of allylic oxidation sites excluding steroid dienone is 3.